The van der Waals surface area contributed by atoms with Gasteiger partial charge >= 0.3 is 11.9 Å². The molecule has 0 spiro atoms. The number of carbonyl (C=O) groups is 2. The molecule has 0 saturated carbocycles. The van der Waals surface area contributed by atoms with Crippen LogP contribution in [0.1, 0.15) is 22.3 Å². The van der Waals surface area contributed by atoms with Gasteiger partial charge in [-0.05, 0) is 23.8 Å². The number of esters is 2. The maximum Gasteiger partial charge on any atom is 0.337 e. The first-order valence-corrected chi connectivity index (χ1v) is 7.08. The van der Waals surface area contributed by atoms with Crippen molar-refractivity contribution in [3.63, 3.8) is 0 Å². The van der Waals surface area contributed by atoms with Crippen molar-refractivity contribution >= 4 is 11.9 Å². The van der Waals surface area contributed by atoms with Crippen LogP contribution < -0.4 is 5.56 Å². The van der Waals surface area contributed by atoms with Crippen LogP contribution >= 0.6 is 0 Å². The summed E-state index contributed by atoms with van der Waals surface area (Å²) < 4.78 is 11.2. The molecule has 0 atom stereocenters. The lowest BCUT2D eigenvalue weighted by Crippen LogP contribution is -2.20. The van der Waals surface area contributed by atoms with Crippen molar-refractivity contribution in [3.8, 4) is 0 Å². The van der Waals surface area contributed by atoms with Gasteiger partial charge in [0.25, 0.3) is 5.56 Å². The SMILES string of the molecule is COC(=O)c1cccc(COC(=O)CCn2ccccc2=O)c1. The molecule has 0 saturated heterocycles. The Bertz CT molecular complexity index is 750. The van der Waals surface area contributed by atoms with Crippen LogP contribution in [-0.2, 0) is 27.4 Å². The van der Waals surface area contributed by atoms with Gasteiger partial charge in [-0.15, -0.1) is 0 Å². The fourth-order valence-corrected chi connectivity index (χ4v) is 2.00. The molecule has 23 heavy (non-hydrogen) atoms. The molecule has 1 heterocycles. The lowest BCUT2D eigenvalue weighted by molar-refractivity contribution is -0.145. The Hall–Kier alpha value is -2.89. The first-order valence-electron chi connectivity index (χ1n) is 7.08. The van der Waals surface area contributed by atoms with Crippen molar-refractivity contribution < 1.29 is 19.1 Å². The van der Waals surface area contributed by atoms with Crippen molar-refractivity contribution in [1.29, 1.82) is 0 Å². The molecule has 0 amide bonds. The van der Waals surface area contributed by atoms with Crippen molar-refractivity contribution in [3.05, 3.63) is 70.1 Å². The van der Waals surface area contributed by atoms with Crippen LogP contribution in [0.25, 0.3) is 0 Å². The van der Waals surface area contributed by atoms with Crippen LogP contribution in [0.5, 0.6) is 0 Å². The number of hydrogen-bond acceptors (Lipinski definition) is 5. The highest BCUT2D eigenvalue weighted by Gasteiger charge is 2.08. The lowest BCUT2D eigenvalue weighted by Gasteiger charge is -2.07. The third-order valence-electron chi connectivity index (χ3n) is 3.20. The number of hydrogen-bond donors (Lipinski definition) is 0. The largest absolute Gasteiger partial charge is 0.465 e. The highest BCUT2D eigenvalue weighted by atomic mass is 16.5. The highest BCUT2D eigenvalue weighted by molar-refractivity contribution is 5.89. The van der Waals surface area contributed by atoms with Crippen molar-refractivity contribution in [2.75, 3.05) is 7.11 Å². The Morgan fingerprint density at radius 2 is 1.96 bits per heavy atom. The van der Waals surface area contributed by atoms with E-state index in [-0.39, 0.29) is 25.1 Å². The van der Waals surface area contributed by atoms with Crippen LogP contribution in [0.3, 0.4) is 0 Å². The molecule has 1 aromatic heterocycles. The third kappa shape index (κ3) is 4.81. The molecule has 2 rings (SSSR count). The Labute approximate surface area is 133 Å². The van der Waals surface area contributed by atoms with Gasteiger partial charge in [-0.25, -0.2) is 4.79 Å². The van der Waals surface area contributed by atoms with Crippen molar-refractivity contribution in [2.24, 2.45) is 0 Å². The van der Waals surface area contributed by atoms with Crippen LogP contribution in [0.4, 0.5) is 0 Å². The normalized spacial score (nSPS) is 10.1. The van der Waals surface area contributed by atoms with Gasteiger partial charge in [0.05, 0.1) is 19.1 Å². The molecule has 0 fully saturated rings. The number of aryl methyl sites for hydroxylation is 1. The zero-order chi connectivity index (χ0) is 16.7. The molecule has 0 bridgehead atoms. The quantitative estimate of drug-likeness (QED) is 0.760. The summed E-state index contributed by atoms with van der Waals surface area (Å²) in [5.41, 5.74) is 0.932. The maximum absolute atomic E-state index is 11.7. The highest BCUT2D eigenvalue weighted by Crippen LogP contribution is 2.08. The molecule has 0 aliphatic carbocycles. The number of methoxy groups -OCH3 is 1. The van der Waals surface area contributed by atoms with E-state index in [1.807, 2.05) is 0 Å². The Balaban J connectivity index is 1.86. The molecule has 6 nitrogen and oxygen atoms in total. The van der Waals surface area contributed by atoms with Gasteiger partial charge in [0.15, 0.2) is 0 Å². The summed E-state index contributed by atoms with van der Waals surface area (Å²) in [4.78, 5) is 34.7. The third-order valence-corrected chi connectivity index (χ3v) is 3.20. The number of rotatable bonds is 6. The van der Waals surface area contributed by atoms with Crippen LogP contribution in [0, 0.1) is 0 Å². The fourth-order valence-electron chi connectivity index (χ4n) is 2.00. The zero-order valence-electron chi connectivity index (χ0n) is 12.7. The lowest BCUT2D eigenvalue weighted by atomic mass is 10.1. The van der Waals surface area contributed by atoms with E-state index in [0.29, 0.717) is 11.1 Å². The standard InChI is InChI=1S/C17H17NO5/c1-22-17(21)14-6-4-5-13(11-14)12-23-16(20)8-10-18-9-3-2-7-15(18)19/h2-7,9,11H,8,10,12H2,1H3. The Kier molecular flexibility index (Phi) is 5.68. The van der Waals surface area contributed by atoms with Crippen LogP contribution in [0.15, 0.2) is 53.5 Å². The molecule has 0 aliphatic heterocycles. The number of nitrogens with zero attached hydrogens (tertiary/aromatic N) is 1. The summed E-state index contributed by atoms with van der Waals surface area (Å²) in [6.45, 7) is 0.327. The van der Waals surface area contributed by atoms with Gasteiger partial charge in [0.2, 0.25) is 0 Å². The van der Waals surface area contributed by atoms with E-state index in [4.69, 9.17) is 4.74 Å². The van der Waals surface area contributed by atoms with E-state index in [9.17, 15) is 14.4 Å². The van der Waals surface area contributed by atoms with Gasteiger partial charge in [0, 0.05) is 18.8 Å². The molecule has 0 N–H and O–H groups in total. The Morgan fingerprint density at radius 3 is 2.70 bits per heavy atom. The van der Waals surface area contributed by atoms with Crippen molar-refractivity contribution in [2.45, 2.75) is 19.6 Å². The average molecular weight is 315 g/mol. The molecule has 120 valence electrons. The minimum absolute atomic E-state index is 0.0629. The first kappa shape index (κ1) is 16.5. The molecule has 1 aromatic carbocycles. The van der Waals surface area contributed by atoms with Crippen LogP contribution in [-0.4, -0.2) is 23.6 Å². The van der Waals surface area contributed by atoms with Gasteiger partial charge in [-0.2, -0.15) is 0 Å². The van der Waals surface area contributed by atoms with E-state index < -0.39 is 11.9 Å². The number of benzene rings is 1. The summed E-state index contributed by atoms with van der Waals surface area (Å²) in [6, 6.07) is 11.5. The zero-order valence-corrected chi connectivity index (χ0v) is 12.7. The van der Waals surface area contributed by atoms with Crippen molar-refractivity contribution in [1.82, 2.24) is 4.57 Å². The summed E-state index contributed by atoms with van der Waals surface area (Å²) in [5.74, 6) is -0.856. The summed E-state index contributed by atoms with van der Waals surface area (Å²) in [7, 11) is 1.31. The summed E-state index contributed by atoms with van der Waals surface area (Å²) in [5, 5.41) is 0. The van der Waals surface area contributed by atoms with E-state index in [0.717, 1.165) is 0 Å². The molecule has 2 aromatic rings. The minimum Gasteiger partial charge on any atom is -0.465 e. The maximum atomic E-state index is 11.7. The topological polar surface area (TPSA) is 74.6 Å². The van der Waals surface area contributed by atoms with Crippen LogP contribution in [0.2, 0.25) is 0 Å². The molecular weight excluding hydrogens is 298 g/mol. The molecule has 6 heteroatoms. The second-order valence-corrected chi connectivity index (χ2v) is 4.83. The van der Waals surface area contributed by atoms with E-state index in [2.05, 4.69) is 4.74 Å². The fraction of sp³-hybridized carbons (Fsp3) is 0.235. The van der Waals surface area contributed by atoms with E-state index >= 15 is 0 Å². The minimum atomic E-state index is -0.443. The molecule has 0 radical (unpaired) electrons. The Morgan fingerprint density at radius 1 is 1.13 bits per heavy atom. The van der Waals surface area contributed by atoms with E-state index in [1.54, 1.807) is 42.6 Å². The second-order valence-electron chi connectivity index (χ2n) is 4.83. The smallest absolute Gasteiger partial charge is 0.337 e. The second kappa shape index (κ2) is 7.93. The predicted octanol–water partition coefficient (Wildman–Crippen LogP) is 1.77. The summed E-state index contributed by atoms with van der Waals surface area (Å²) >= 11 is 0. The monoisotopic (exact) mass is 315 g/mol. The summed E-state index contributed by atoms with van der Waals surface area (Å²) in [6.07, 6.45) is 1.72. The molecular formula is C17H17NO5. The van der Waals surface area contributed by atoms with Gasteiger partial charge in [0.1, 0.15) is 6.61 Å². The number of carbonyl (C=O) groups excluding carboxylic acids is 2. The number of pyridine rings is 1. The number of ether oxygens (including phenoxy) is 2. The average Bonchev–Trinajstić information content (AvgIpc) is 2.58. The predicted molar refractivity (Wildman–Crippen MR) is 82.9 cm³/mol. The first-order chi connectivity index (χ1) is 11.1. The van der Waals surface area contributed by atoms with E-state index in [1.165, 1.54) is 17.7 Å². The molecule has 0 aliphatic rings. The molecule has 0 unspecified atom stereocenters. The van der Waals surface area contributed by atoms with Gasteiger partial charge in [-0.1, -0.05) is 18.2 Å². The number of aromatic nitrogens is 1. The van der Waals surface area contributed by atoms with Gasteiger partial charge < -0.3 is 14.0 Å². The van der Waals surface area contributed by atoms with Gasteiger partial charge in [-0.3, -0.25) is 9.59 Å².